The maximum Gasteiger partial charge on any atom is 0.274 e. The van der Waals surface area contributed by atoms with Crippen molar-refractivity contribution in [1.29, 1.82) is 0 Å². The Hall–Kier alpha value is -2.54. The molecule has 0 aromatic carbocycles. The minimum absolute atomic E-state index is 0.0860. The molecule has 0 radical (unpaired) electrons. The van der Waals surface area contributed by atoms with E-state index in [1.165, 1.54) is 6.20 Å². The molecule has 2 aromatic rings. The van der Waals surface area contributed by atoms with Crippen LogP contribution in [0.5, 0.6) is 5.88 Å². The maximum atomic E-state index is 12.8. The molecule has 2 atom stereocenters. The minimum Gasteiger partial charge on any atom is -0.477 e. The smallest absolute Gasteiger partial charge is 0.274 e. The standard InChI is InChI=1S/C19H22N4O3/c24-18(16-12-20-8-9-21-16)23-10-11-26-19(14-23)6-3-4-15(19)13-25-17-5-1-2-7-22-17/h1-2,5,7-9,12,15H,3-4,6,10-11,13-14H2/t15-,19+/m0/s1. The third-order valence-electron chi connectivity index (χ3n) is 5.25. The van der Waals surface area contributed by atoms with Crippen LogP contribution in [0.3, 0.4) is 0 Å². The predicted molar refractivity (Wildman–Crippen MR) is 93.7 cm³/mol. The van der Waals surface area contributed by atoms with Crippen LogP contribution in [-0.4, -0.2) is 57.7 Å². The van der Waals surface area contributed by atoms with Crippen molar-refractivity contribution in [3.05, 3.63) is 48.7 Å². The fraction of sp³-hybridized carbons (Fsp3) is 0.474. The highest BCUT2D eigenvalue weighted by atomic mass is 16.5. The summed E-state index contributed by atoms with van der Waals surface area (Å²) in [5.74, 6) is 0.775. The fourth-order valence-corrected chi connectivity index (χ4v) is 3.92. The second kappa shape index (κ2) is 7.37. The lowest BCUT2D eigenvalue weighted by molar-refractivity contribution is -0.127. The molecule has 26 heavy (non-hydrogen) atoms. The van der Waals surface area contributed by atoms with E-state index in [-0.39, 0.29) is 17.4 Å². The van der Waals surface area contributed by atoms with Gasteiger partial charge in [0.15, 0.2) is 0 Å². The quantitative estimate of drug-likeness (QED) is 0.835. The summed E-state index contributed by atoms with van der Waals surface area (Å²) in [5.41, 5.74) is 0.0362. The SMILES string of the molecule is O=C(c1cnccn1)N1CCO[C@]2(CCC[C@H]2COc2ccccn2)C1. The molecule has 2 aliphatic rings. The van der Waals surface area contributed by atoms with Gasteiger partial charge in [-0.1, -0.05) is 6.07 Å². The molecule has 136 valence electrons. The predicted octanol–water partition coefficient (Wildman–Crippen LogP) is 1.96. The Morgan fingerprint density at radius 1 is 1.31 bits per heavy atom. The second-order valence-electron chi connectivity index (χ2n) is 6.80. The van der Waals surface area contributed by atoms with Crippen molar-refractivity contribution >= 4 is 5.91 Å². The number of pyridine rings is 1. The van der Waals surface area contributed by atoms with Crippen LogP contribution in [0.4, 0.5) is 0 Å². The van der Waals surface area contributed by atoms with E-state index in [0.717, 1.165) is 19.3 Å². The van der Waals surface area contributed by atoms with E-state index >= 15 is 0 Å². The average Bonchev–Trinajstić information content (AvgIpc) is 3.08. The molecule has 2 fully saturated rings. The van der Waals surface area contributed by atoms with E-state index in [4.69, 9.17) is 9.47 Å². The monoisotopic (exact) mass is 354 g/mol. The highest BCUT2D eigenvalue weighted by Crippen LogP contribution is 2.41. The zero-order valence-corrected chi connectivity index (χ0v) is 14.6. The van der Waals surface area contributed by atoms with E-state index in [9.17, 15) is 4.79 Å². The van der Waals surface area contributed by atoms with Crippen LogP contribution in [-0.2, 0) is 4.74 Å². The molecule has 3 heterocycles. The van der Waals surface area contributed by atoms with Gasteiger partial charge >= 0.3 is 0 Å². The highest BCUT2D eigenvalue weighted by molar-refractivity contribution is 5.92. The number of carbonyl (C=O) groups excluding carboxylic acids is 1. The number of aromatic nitrogens is 3. The largest absolute Gasteiger partial charge is 0.477 e. The maximum absolute atomic E-state index is 12.8. The van der Waals surface area contributed by atoms with Crippen LogP contribution >= 0.6 is 0 Å². The molecular weight excluding hydrogens is 332 g/mol. The van der Waals surface area contributed by atoms with Gasteiger partial charge in [0, 0.05) is 37.1 Å². The Kier molecular flexibility index (Phi) is 4.79. The van der Waals surface area contributed by atoms with Gasteiger partial charge in [0.05, 0.1) is 31.6 Å². The zero-order chi connectivity index (χ0) is 17.8. The average molecular weight is 354 g/mol. The van der Waals surface area contributed by atoms with Crippen LogP contribution in [0.15, 0.2) is 43.0 Å². The lowest BCUT2D eigenvalue weighted by Crippen LogP contribution is -2.56. The second-order valence-corrected chi connectivity index (χ2v) is 6.80. The number of hydrogen-bond acceptors (Lipinski definition) is 6. The molecule has 1 amide bonds. The molecule has 0 bridgehead atoms. The van der Waals surface area contributed by atoms with Crippen molar-refractivity contribution in [1.82, 2.24) is 19.9 Å². The molecule has 1 spiro atoms. The normalized spacial score (nSPS) is 25.4. The summed E-state index contributed by atoms with van der Waals surface area (Å²) >= 11 is 0. The summed E-state index contributed by atoms with van der Waals surface area (Å²) in [4.78, 5) is 26.9. The molecule has 1 aliphatic carbocycles. The Labute approximate surface area is 152 Å². The van der Waals surface area contributed by atoms with Crippen molar-refractivity contribution in [3.8, 4) is 5.88 Å². The molecular formula is C19H22N4O3. The Balaban J connectivity index is 1.45. The van der Waals surface area contributed by atoms with Crippen molar-refractivity contribution in [2.75, 3.05) is 26.3 Å². The van der Waals surface area contributed by atoms with E-state index < -0.39 is 0 Å². The molecule has 1 aliphatic heterocycles. The third-order valence-corrected chi connectivity index (χ3v) is 5.25. The van der Waals surface area contributed by atoms with E-state index in [1.807, 2.05) is 23.1 Å². The number of carbonyl (C=O) groups is 1. The van der Waals surface area contributed by atoms with E-state index in [2.05, 4.69) is 15.0 Å². The molecule has 0 unspecified atom stereocenters. The molecule has 2 aromatic heterocycles. The first-order chi connectivity index (χ1) is 12.8. The Morgan fingerprint density at radius 2 is 2.27 bits per heavy atom. The molecule has 1 saturated heterocycles. The summed E-state index contributed by atoms with van der Waals surface area (Å²) in [7, 11) is 0. The first-order valence-electron chi connectivity index (χ1n) is 9.00. The molecule has 7 heteroatoms. The summed E-state index contributed by atoms with van der Waals surface area (Å²) in [5, 5.41) is 0. The summed E-state index contributed by atoms with van der Waals surface area (Å²) in [6.45, 7) is 2.22. The van der Waals surface area contributed by atoms with E-state index in [1.54, 1.807) is 18.6 Å². The van der Waals surface area contributed by atoms with Crippen LogP contribution in [0.25, 0.3) is 0 Å². The van der Waals surface area contributed by atoms with Gasteiger partial charge in [0.25, 0.3) is 5.91 Å². The van der Waals surface area contributed by atoms with Crippen molar-refractivity contribution in [2.45, 2.75) is 24.9 Å². The van der Waals surface area contributed by atoms with Gasteiger partial charge in [-0.2, -0.15) is 0 Å². The van der Waals surface area contributed by atoms with Gasteiger partial charge in [-0.25, -0.2) is 9.97 Å². The van der Waals surface area contributed by atoms with Crippen molar-refractivity contribution in [3.63, 3.8) is 0 Å². The van der Waals surface area contributed by atoms with Gasteiger partial charge in [-0.3, -0.25) is 9.78 Å². The summed E-state index contributed by atoms with van der Waals surface area (Å²) in [6.07, 6.45) is 9.39. The van der Waals surface area contributed by atoms with Gasteiger partial charge in [-0.15, -0.1) is 0 Å². The third kappa shape index (κ3) is 3.39. The highest BCUT2D eigenvalue weighted by Gasteiger charge is 2.48. The Morgan fingerprint density at radius 3 is 3.08 bits per heavy atom. The van der Waals surface area contributed by atoms with Crippen molar-refractivity contribution < 1.29 is 14.3 Å². The molecule has 1 saturated carbocycles. The van der Waals surface area contributed by atoms with Gasteiger partial charge in [-0.05, 0) is 25.3 Å². The Bertz CT molecular complexity index is 743. The van der Waals surface area contributed by atoms with E-state index in [0.29, 0.717) is 37.9 Å². The number of hydrogen-bond donors (Lipinski definition) is 0. The molecule has 0 N–H and O–H groups in total. The van der Waals surface area contributed by atoms with Crippen LogP contribution in [0.2, 0.25) is 0 Å². The first-order valence-corrected chi connectivity index (χ1v) is 9.00. The summed E-state index contributed by atoms with van der Waals surface area (Å²) < 4.78 is 12.1. The van der Waals surface area contributed by atoms with Gasteiger partial charge < -0.3 is 14.4 Å². The lowest BCUT2D eigenvalue weighted by Gasteiger charge is -2.43. The van der Waals surface area contributed by atoms with Crippen LogP contribution in [0, 0.1) is 5.92 Å². The number of ether oxygens (including phenoxy) is 2. The zero-order valence-electron chi connectivity index (χ0n) is 14.6. The lowest BCUT2D eigenvalue weighted by atomic mass is 9.89. The first kappa shape index (κ1) is 16.9. The van der Waals surface area contributed by atoms with Gasteiger partial charge in [0.2, 0.25) is 5.88 Å². The van der Waals surface area contributed by atoms with Crippen LogP contribution < -0.4 is 4.74 Å². The van der Waals surface area contributed by atoms with Gasteiger partial charge in [0.1, 0.15) is 5.69 Å². The van der Waals surface area contributed by atoms with Crippen molar-refractivity contribution in [2.24, 2.45) is 5.92 Å². The minimum atomic E-state index is -0.342. The van der Waals surface area contributed by atoms with Crippen LogP contribution in [0.1, 0.15) is 29.8 Å². The number of nitrogens with zero attached hydrogens (tertiary/aromatic N) is 4. The molecule has 4 rings (SSSR count). The number of morpholine rings is 1. The topological polar surface area (TPSA) is 77.4 Å². The summed E-state index contributed by atoms with van der Waals surface area (Å²) in [6, 6.07) is 5.63. The fourth-order valence-electron chi connectivity index (χ4n) is 3.92. The number of amides is 1. The molecule has 7 nitrogen and oxygen atoms in total. The number of rotatable bonds is 4.